The number of ether oxygens (including phenoxy) is 2. The Bertz CT molecular complexity index is 1090. The fraction of sp³-hybridized carbons (Fsp3) is 0.583. The zero-order valence-corrected chi connectivity index (χ0v) is 20.2. The summed E-state index contributed by atoms with van der Waals surface area (Å²) in [6.45, 7) is 6.69. The number of amides is 1. The SMILES string of the molecule is COC(=O)c1ccc2c(=O)n(CC3CCCO3)c(SC(C)C(=O)N3CCC(C)CC3)nc2c1. The average Bonchev–Trinajstić information content (AvgIpc) is 3.34. The van der Waals surface area contributed by atoms with Gasteiger partial charge >= 0.3 is 5.97 Å². The molecule has 0 spiro atoms. The van der Waals surface area contributed by atoms with E-state index in [0.717, 1.165) is 38.8 Å². The number of nitrogens with zero attached hydrogens (tertiary/aromatic N) is 3. The van der Waals surface area contributed by atoms with Crippen LogP contribution in [0.2, 0.25) is 0 Å². The van der Waals surface area contributed by atoms with Gasteiger partial charge in [-0.1, -0.05) is 18.7 Å². The van der Waals surface area contributed by atoms with Crippen LogP contribution in [0, 0.1) is 5.92 Å². The summed E-state index contributed by atoms with van der Waals surface area (Å²) in [6.07, 6.45) is 3.82. The van der Waals surface area contributed by atoms with Crippen molar-refractivity contribution in [3.63, 3.8) is 0 Å². The molecule has 0 saturated carbocycles. The molecule has 1 aromatic carbocycles. The number of likely N-dealkylation sites (tertiary alicyclic amines) is 1. The van der Waals surface area contributed by atoms with Gasteiger partial charge < -0.3 is 14.4 Å². The smallest absolute Gasteiger partial charge is 0.337 e. The summed E-state index contributed by atoms with van der Waals surface area (Å²) in [5.74, 6) is 0.215. The van der Waals surface area contributed by atoms with Gasteiger partial charge in [-0.2, -0.15) is 0 Å². The summed E-state index contributed by atoms with van der Waals surface area (Å²) in [4.78, 5) is 45.1. The standard InChI is InChI=1S/C24H31N3O5S/c1-15-8-10-26(11-9-15)21(28)16(2)33-24-25-20-13-17(23(30)31-3)6-7-19(20)22(29)27(24)14-18-5-4-12-32-18/h6-7,13,15-16,18H,4-5,8-12,14H2,1-3H3. The lowest BCUT2D eigenvalue weighted by Gasteiger charge is -2.32. The Kier molecular flexibility index (Phi) is 7.38. The van der Waals surface area contributed by atoms with Gasteiger partial charge in [0.15, 0.2) is 5.16 Å². The zero-order valence-electron chi connectivity index (χ0n) is 19.4. The van der Waals surface area contributed by atoms with Gasteiger partial charge in [-0.15, -0.1) is 0 Å². The Labute approximate surface area is 197 Å². The van der Waals surface area contributed by atoms with E-state index in [4.69, 9.17) is 14.5 Å². The van der Waals surface area contributed by atoms with E-state index in [0.29, 0.717) is 40.7 Å². The van der Waals surface area contributed by atoms with Crippen molar-refractivity contribution in [1.29, 1.82) is 0 Å². The van der Waals surface area contributed by atoms with Gasteiger partial charge in [-0.25, -0.2) is 9.78 Å². The fourth-order valence-corrected chi connectivity index (χ4v) is 5.38. The van der Waals surface area contributed by atoms with Crippen molar-refractivity contribution < 1.29 is 19.1 Å². The molecule has 2 fully saturated rings. The molecule has 2 unspecified atom stereocenters. The topological polar surface area (TPSA) is 90.7 Å². The van der Waals surface area contributed by atoms with E-state index >= 15 is 0 Å². The molecule has 2 aromatic rings. The maximum atomic E-state index is 13.4. The van der Waals surface area contributed by atoms with Crippen LogP contribution in [-0.2, 0) is 20.8 Å². The monoisotopic (exact) mass is 473 g/mol. The molecule has 1 amide bonds. The van der Waals surface area contributed by atoms with E-state index in [1.807, 2.05) is 11.8 Å². The number of hydrogen-bond donors (Lipinski definition) is 0. The van der Waals surface area contributed by atoms with Gasteiger partial charge in [0, 0.05) is 19.7 Å². The molecule has 0 bridgehead atoms. The number of fused-ring (bicyclic) bond motifs is 1. The third kappa shape index (κ3) is 5.24. The van der Waals surface area contributed by atoms with Crippen molar-refractivity contribution in [2.45, 2.75) is 62.6 Å². The van der Waals surface area contributed by atoms with E-state index in [2.05, 4.69) is 6.92 Å². The quantitative estimate of drug-likeness (QED) is 0.362. The van der Waals surface area contributed by atoms with Crippen LogP contribution in [0.4, 0.5) is 0 Å². The third-order valence-electron chi connectivity index (χ3n) is 6.48. The minimum atomic E-state index is -0.487. The first-order valence-electron chi connectivity index (χ1n) is 11.6. The van der Waals surface area contributed by atoms with Gasteiger partial charge in [0.2, 0.25) is 5.91 Å². The Hall–Kier alpha value is -2.39. The van der Waals surface area contributed by atoms with Crippen LogP contribution in [0.1, 0.15) is 49.9 Å². The molecule has 178 valence electrons. The molecule has 2 aliphatic heterocycles. The second-order valence-electron chi connectivity index (χ2n) is 8.94. The van der Waals surface area contributed by atoms with Crippen LogP contribution < -0.4 is 5.56 Å². The average molecular weight is 474 g/mol. The van der Waals surface area contributed by atoms with E-state index in [1.54, 1.807) is 22.8 Å². The van der Waals surface area contributed by atoms with E-state index in [1.165, 1.54) is 18.9 Å². The molecule has 0 N–H and O–H groups in total. The summed E-state index contributed by atoms with van der Waals surface area (Å²) in [7, 11) is 1.31. The molecule has 4 rings (SSSR count). The predicted molar refractivity (Wildman–Crippen MR) is 127 cm³/mol. The first-order chi connectivity index (χ1) is 15.9. The molecule has 2 aliphatic rings. The summed E-state index contributed by atoms with van der Waals surface area (Å²) in [6, 6.07) is 4.76. The van der Waals surface area contributed by atoms with Gasteiger partial charge in [0.1, 0.15) is 0 Å². The second-order valence-corrected chi connectivity index (χ2v) is 10.2. The second kappa shape index (κ2) is 10.3. The minimum absolute atomic E-state index is 0.0507. The minimum Gasteiger partial charge on any atom is -0.465 e. The molecule has 2 atom stereocenters. The molecule has 33 heavy (non-hydrogen) atoms. The molecular weight excluding hydrogens is 442 g/mol. The summed E-state index contributed by atoms with van der Waals surface area (Å²) < 4.78 is 12.2. The third-order valence-corrected chi connectivity index (χ3v) is 7.55. The van der Waals surface area contributed by atoms with Crippen LogP contribution in [0.3, 0.4) is 0 Å². The van der Waals surface area contributed by atoms with Crippen molar-refractivity contribution in [3.8, 4) is 0 Å². The number of aromatic nitrogens is 2. The molecule has 0 aliphatic carbocycles. The molecule has 2 saturated heterocycles. The van der Waals surface area contributed by atoms with Crippen LogP contribution in [0.25, 0.3) is 10.9 Å². The lowest BCUT2D eigenvalue weighted by atomic mass is 9.99. The molecule has 0 radical (unpaired) electrons. The van der Waals surface area contributed by atoms with Crippen molar-refractivity contribution in [2.24, 2.45) is 5.92 Å². The first-order valence-corrected chi connectivity index (χ1v) is 12.4. The Balaban J connectivity index is 1.67. The number of carbonyl (C=O) groups excluding carboxylic acids is 2. The highest BCUT2D eigenvalue weighted by atomic mass is 32.2. The maximum Gasteiger partial charge on any atom is 0.337 e. The summed E-state index contributed by atoms with van der Waals surface area (Å²) >= 11 is 1.29. The van der Waals surface area contributed by atoms with E-state index in [-0.39, 0.29) is 22.8 Å². The van der Waals surface area contributed by atoms with Crippen molar-refractivity contribution >= 4 is 34.5 Å². The lowest BCUT2D eigenvalue weighted by Crippen LogP contribution is -2.42. The van der Waals surface area contributed by atoms with Crippen LogP contribution in [0.15, 0.2) is 28.2 Å². The Morgan fingerprint density at radius 3 is 2.70 bits per heavy atom. The number of esters is 1. The highest BCUT2D eigenvalue weighted by Crippen LogP contribution is 2.27. The predicted octanol–water partition coefficient (Wildman–Crippen LogP) is 3.10. The fourth-order valence-electron chi connectivity index (χ4n) is 4.38. The number of carbonyl (C=O) groups is 2. The van der Waals surface area contributed by atoms with Gasteiger partial charge in [-0.3, -0.25) is 14.2 Å². The highest BCUT2D eigenvalue weighted by molar-refractivity contribution is 8.00. The van der Waals surface area contributed by atoms with E-state index < -0.39 is 5.97 Å². The molecule has 8 nitrogen and oxygen atoms in total. The van der Waals surface area contributed by atoms with Crippen molar-refractivity contribution in [3.05, 3.63) is 34.1 Å². The summed E-state index contributed by atoms with van der Waals surface area (Å²) in [5, 5.41) is 0.507. The molecular formula is C24H31N3O5S. The molecule has 3 heterocycles. The van der Waals surface area contributed by atoms with E-state index in [9.17, 15) is 14.4 Å². The highest BCUT2D eigenvalue weighted by Gasteiger charge is 2.28. The number of thioether (sulfide) groups is 1. The zero-order chi connectivity index (χ0) is 23.5. The Morgan fingerprint density at radius 1 is 1.27 bits per heavy atom. The summed E-state index contributed by atoms with van der Waals surface area (Å²) in [5.41, 5.74) is 0.553. The molecule has 1 aromatic heterocycles. The first kappa shape index (κ1) is 23.8. The largest absolute Gasteiger partial charge is 0.465 e. The normalized spacial score (nSPS) is 20.2. The van der Waals surface area contributed by atoms with Gasteiger partial charge in [0.05, 0.1) is 41.5 Å². The van der Waals surface area contributed by atoms with Crippen LogP contribution in [-0.4, -0.2) is 64.5 Å². The Morgan fingerprint density at radius 2 is 2.03 bits per heavy atom. The number of piperidine rings is 1. The van der Waals surface area contributed by atoms with Crippen molar-refractivity contribution in [1.82, 2.24) is 14.5 Å². The molecule has 9 heteroatoms. The van der Waals surface area contributed by atoms with Crippen LogP contribution >= 0.6 is 11.8 Å². The number of rotatable bonds is 6. The number of hydrogen-bond acceptors (Lipinski definition) is 7. The van der Waals surface area contributed by atoms with Gasteiger partial charge in [-0.05, 0) is 56.7 Å². The van der Waals surface area contributed by atoms with Crippen molar-refractivity contribution in [2.75, 3.05) is 26.8 Å². The maximum absolute atomic E-state index is 13.4. The number of methoxy groups -OCH3 is 1. The lowest BCUT2D eigenvalue weighted by molar-refractivity contribution is -0.131. The van der Waals surface area contributed by atoms with Crippen LogP contribution in [0.5, 0.6) is 0 Å². The van der Waals surface area contributed by atoms with Gasteiger partial charge in [0.25, 0.3) is 5.56 Å². The number of benzene rings is 1.